The smallest absolute Gasteiger partial charge is 0.336 e. The first-order valence-electron chi connectivity index (χ1n) is 7.46. The monoisotopic (exact) mass is 286 g/mol. The Hall–Kier alpha value is -2.03. The summed E-state index contributed by atoms with van der Waals surface area (Å²) >= 11 is 0. The molecule has 0 bridgehead atoms. The van der Waals surface area contributed by atoms with Crippen LogP contribution in [0.4, 0.5) is 0 Å². The molecular weight excluding hydrogens is 264 g/mol. The minimum atomic E-state index is -0.326. The van der Waals surface area contributed by atoms with Crippen LogP contribution in [0.3, 0.4) is 0 Å². The van der Waals surface area contributed by atoms with Crippen molar-refractivity contribution in [3.05, 3.63) is 52.4 Å². The van der Waals surface area contributed by atoms with Crippen LogP contribution < -0.4 is 10.4 Å². The van der Waals surface area contributed by atoms with Gasteiger partial charge in [-0.15, -0.1) is 0 Å². The van der Waals surface area contributed by atoms with Crippen molar-refractivity contribution in [3.63, 3.8) is 0 Å². The van der Waals surface area contributed by atoms with Crippen LogP contribution in [0, 0.1) is 6.92 Å². The molecule has 3 heteroatoms. The molecule has 0 saturated heterocycles. The minimum Gasteiger partial charge on any atom is -0.489 e. The first-order chi connectivity index (χ1) is 10.2. The number of hydrogen-bond acceptors (Lipinski definition) is 3. The third-order valence-corrected chi connectivity index (χ3v) is 3.54. The van der Waals surface area contributed by atoms with Gasteiger partial charge in [0.2, 0.25) is 0 Å². The van der Waals surface area contributed by atoms with Crippen molar-refractivity contribution in [2.45, 2.75) is 39.5 Å². The Morgan fingerprint density at radius 2 is 2.10 bits per heavy atom. The molecule has 2 rings (SSSR count). The molecule has 2 aromatic rings. The Balaban J connectivity index is 2.46. The van der Waals surface area contributed by atoms with Crippen LogP contribution in [0.5, 0.6) is 5.75 Å². The summed E-state index contributed by atoms with van der Waals surface area (Å²) in [5, 5.41) is 0.979. The quantitative estimate of drug-likeness (QED) is 0.430. The van der Waals surface area contributed by atoms with Crippen LogP contribution in [0.2, 0.25) is 0 Å². The number of rotatable bonds is 7. The highest BCUT2D eigenvalue weighted by molar-refractivity contribution is 5.82. The van der Waals surface area contributed by atoms with Crippen molar-refractivity contribution < 1.29 is 9.15 Å². The lowest BCUT2D eigenvalue weighted by atomic mass is 10.0. The van der Waals surface area contributed by atoms with Crippen molar-refractivity contribution in [2.75, 3.05) is 6.61 Å². The fourth-order valence-electron chi connectivity index (χ4n) is 2.43. The van der Waals surface area contributed by atoms with Gasteiger partial charge in [0.25, 0.3) is 0 Å². The van der Waals surface area contributed by atoms with Crippen molar-refractivity contribution in [2.24, 2.45) is 0 Å². The average Bonchev–Trinajstić information content (AvgIpc) is 2.45. The lowest BCUT2D eigenvalue weighted by Gasteiger charge is -2.12. The van der Waals surface area contributed by atoms with Gasteiger partial charge in [0.15, 0.2) is 0 Å². The van der Waals surface area contributed by atoms with Crippen LogP contribution in [-0.2, 0) is 6.42 Å². The second kappa shape index (κ2) is 7.11. The van der Waals surface area contributed by atoms with Gasteiger partial charge >= 0.3 is 5.63 Å². The standard InChI is InChI=1S/C18H22O3/c1-4-6-7-8-14-11-15-13(3)10-18(19)21-17(15)12-16(14)20-9-5-2/h5,10-12H,2,4,6-9H2,1,3H3. The van der Waals surface area contributed by atoms with Crippen molar-refractivity contribution in [1.29, 1.82) is 0 Å². The van der Waals surface area contributed by atoms with E-state index in [4.69, 9.17) is 9.15 Å². The SMILES string of the molecule is C=CCOc1cc2oc(=O)cc(C)c2cc1CCCCC. The number of aryl methyl sites for hydroxylation is 2. The summed E-state index contributed by atoms with van der Waals surface area (Å²) in [4.78, 5) is 11.5. The largest absolute Gasteiger partial charge is 0.489 e. The van der Waals surface area contributed by atoms with Gasteiger partial charge < -0.3 is 9.15 Å². The highest BCUT2D eigenvalue weighted by atomic mass is 16.5. The Labute approximate surface area is 125 Å². The molecule has 21 heavy (non-hydrogen) atoms. The highest BCUT2D eigenvalue weighted by Gasteiger charge is 2.10. The molecule has 0 atom stereocenters. The minimum absolute atomic E-state index is 0.326. The molecule has 112 valence electrons. The lowest BCUT2D eigenvalue weighted by Crippen LogP contribution is -2.02. The topological polar surface area (TPSA) is 39.4 Å². The molecule has 1 aromatic carbocycles. The molecule has 1 aromatic heterocycles. The Kier molecular flexibility index (Phi) is 5.20. The zero-order valence-corrected chi connectivity index (χ0v) is 12.8. The summed E-state index contributed by atoms with van der Waals surface area (Å²) in [7, 11) is 0. The van der Waals surface area contributed by atoms with Gasteiger partial charge in [0.1, 0.15) is 17.9 Å². The van der Waals surface area contributed by atoms with Gasteiger partial charge in [0.05, 0.1) is 0 Å². The van der Waals surface area contributed by atoms with E-state index >= 15 is 0 Å². The molecule has 0 radical (unpaired) electrons. The lowest BCUT2D eigenvalue weighted by molar-refractivity contribution is 0.358. The average molecular weight is 286 g/mol. The molecule has 3 nitrogen and oxygen atoms in total. The van der Waals surface area contributed by atoms with Crippen molar-refractivity contribution in [3.8, 4) is 5.75 Å². The number of benzene rings is 1. The normalized spacial score (nSPS) is 10.8. The molecule has 0 aliphatic carbocycles. The summed E-state index contributed by atoms with van der Waals surface area (Å²) < 4.78 is 11.0. The second-order valence-corrected chi connectivity index (χ2v) is 5.26. The summed E-state index contributed by atoms with van der Waals surface area (Å²) in [6.07, 6.45) is 6.19. The molecule has 0 fully saturated rings. The Morgan fingerprint density at radius 1 is 1.29 bits per heavy atom. The Bertz CT molecular complexity index is 683. The summed E-state index contributed by atoms with van der Waals surface area (Å²) in [5.74, 6) is 0.784. The number of ether oxygens (including phenoxy) is 1. The maximum atomic E-state index is 11.5. The van der Waals surface area contributed by atoms with Crippen LogP contribution in [0.1, 0.15) is 37.3 Å². The molecule has 0 aliphatic heterocycles. The number of unbranched alkanes of at least 4 members (excludes halogenated alkanes) is 2. The summed E-state index contributed by atoms with van der Waals surface area (Å²) in [6.45, 7) is 8.24. The maximum Gasteiger partial charge on any atom is 0.336 e. The molecule has 0 saturated carbocycles. The van der Waals surface area contributed by atoms with E-state index in [9.17, 15) is 4.79 Å². The molecular formula is C18H22O3. The summed E-state index contributed by atoms with van der Waals surface area (Å²) in [6, 6.07) is 5.44. The second-order valence-electron chi connectivity index (χ2n) is 5.26. The molecule has 1 heterocycles. The first kappa shape index (κ1) is 15.4. The van der Waals surface area contributed by atoms with Crippen LogP contribution in [0.15, 0.2) is 40.1 Å². The fourth-order valence-corrected chi connectivity index (χ4v) is 2.43. The van der Waals surface area contributed by atoms with E-state index in [0.29, 0.717) is 12.2 Å². The van der Waals surface area contributed by atoms with Crippen molar-refractivity contribution >= 4 is 11.0 Å². The molecule has 0 unspecified atom stereocenters. The van der Waals surface area contributed by atoms with Gasteiger partial charge in [-0.3, -0.25) is 0 Å². The zero-order valence-electron chi connectivity index (χ0n) is 12.8. The Morgan fingerprint density at radius 3 is 2.81 bits per heavy atom. The van der Waals surface area contributed by atoms with Gasteiger partial charge in [-0.05, 0) is 37.0 Å². The van der Waals surface area contributed by atoms with Crippen LogP contribution in [-0.4, -0.2) is 6.61 Å². The van der Waals surface area contributed by atoms with E-state index in [1.807, 2.05) is 13.0 Å². The van der Waals surface area contributed by atoms with E-state index in [1.54, 1.807) is 6.08 Å². The molecule has 0 amide bonds. The van der Waals surface area contributed by atoms with Gasteiger partial charge in [-0.25, -0.2) is 4.79 Å². The van der Waals surface area contributed by atoms with Gasteiger partial charge in [-0.1, -0.05) is 32.4 Å². The van der Waals surface area contributed by atoms with Crippen LogP contribution >= 0.6 is 0 Å². The van der Waals surface area contributed by atoms with E-state index in [-0.39, 0.29) is 5.63 Å². The summed E-state index contributed by atoms with van der Waals surface area (Å²) in [5.41, 5.74) is 2.36. The zero-order chi connectivity index (χ0) is 15.2. The van der Waals surface area contributed by atoms with Crippen molar-refractivity contribution in [1.82, 2.24) is 0 Å². The third-order valence-electron chi connectivity index (χ3n) is 3.54. The number of hydrogen-bond donors (Lipinski definition) is 0. The maximum absolute atomic E-state index is 11.5. The number of fused-ring (bicyclic) bond motifs is 1. The van der Waals surface area contributed by atoms with Gasteiger partial charge in [0, 0.05) is 17.5 Å². The fraction of sp³-hybridized carbons (Fsp3) is 0.389. The first-order valence-corrected chi connectivity index (χ1v) is 7.46. The van der Waals surface area contributed by atoms with Crippen LogP contribution in [0.25, 0.3) is 11.0 Å². The molecule has 0 aliphatic rings. The third kappa shape index (κ3) is 3.75. The predicted octanol–water partition coefficient (Wildman–Crippen LogP) is 4.40. The van der Waals surface area contributed by atoms with E-state index in [1.165, 1.54) is 18.9 Å². The van der Waals surface area contributed by atoms with E-state index in [0.717, 1.165) is 35.1 Å². The predicted molar refractivity (Wildman–Crippen MR) is 86.1 cm³/mol. The highest BCUT2D eigenvalue weighted by Crippen LogP contribution is 2.28. The molecule has 0 spiro atoms. The van der Waals surface area contributed by atoms with E-state index < -0.39 is 0 Å². The van der Waals surface area contributed by atoms with Gasteiger partial charge in [-0.2, -0.15) is 0 Å². The molecule has 0 N–H and O–H groups in total. The van der Waals surface area contributed by atoms with E-state index in [2.05, 4.69) is 19.6 Å².